The second-order valence-electron chi connectivity index (χ2n) is 18.5. The highest BCUT2D eigenvalue weighted by molar-refractivity contribution is 6.21. The summed E-state index contributed by atoms with van der Waals surface area (Å²) in [5.41, 5.74) is 16.8. The number of nitrogens with zero attached hydrogens (tertiary/aromatic N) is 5. The van der Waals surface area contributed by atoms with Gasteiger partial charge in [-0.25, -0.2) is 9.97 Å². The molecule has 0 amide bonds. The maximum absolute atomic E-state index is 7.84. The molecule has 6 nitrogen and oxygen atoms in total. The molecule has 0 spiro atoms. The van der Waals surface area contributed by atoms with Crippen molar-refractivity contribution >= 4 is 87.4 Å². The molecule has 10 aromatic carbocycles. The molecule has 0 radical (unpaired) electrons. The largest absolute Gasteiger partial charge is 0.453 e. The van der Waals surface area contributed by atoms with Crippen LogP contribution in [0, 0.1) is 6.92 Å². The van der Waals surface area contributed by atoms with Crippen molar-refractivity contribution in [3.63, 3.8) is 0 Å². The van der Waals surface area contributed by atoms with E-state index in [4.69, 9.17) is 14.4 Å². The van der Waals surface area contributed by atoms with Gasteiger partial charge in [0.15, 0.2) is 11.4 Å². The van der Waals surface area contributed by atoms with Gasteiger partial charge in [0.1, 0.15) is 11.3 Å². The first-order chi connectivity index (χ1) is 35.2. The van der Waals surface area contributed by atoms with Crippen molar-refractivity contribution in [2.24, 2.45) is 0 Å². The van der Waals surface area contributed by atoms with Gasteiger partial charge < -0.3 is 18.1 Å². The zero-order valence-electron chi connectivity index (χ0n) is 38.6. The molecule has 0 saturated carbocycles. The van der Waals surface area contributed by atoms with Crippen LogP contribution in [-0.4, -0.2) is 23.7 Å². The number of benzene rings is 10. The molecular weight excluding hydrogens is 867 g/mol. The Kier molecular flexibility index (Phi) is 8.47. The lowest BCUT2D eigenvalue weighted by molar-refractivity contribution is 0.666. The highest BCUT2D eigenvalue weighted by atomic mass is 16.3. The van der Waals surface area contributed by atoms with Crippen molar-refractivity contribution < 1.29 is 4.42 Å². The fourth-order valence-corrected chi connectivity index (χ4v) is 11.6. The second-order valence-corrected chi connectivity index (χ2v) is 18.5. The van der Waals surface area contributed by atoms with Crippen LogP contribution in [0.4, 0.5) is 0 Å². The minimum absolute atomic E-state index is 0.589. The Balaban J connectivity index is 1.18. The van der Waals surface area contributed by atoms with E-state index in [2.05, 4.69) is 239 Å². The number of aromatic nitrogens is 5. The van der Waals surface area contributed by atoms with E-state index >= 15 is 0 Å². The lowest BCUT2D eigenvalue weighted by atomic mass is 10.00. The van der Waals surface area contributed by atoms with E-state index in [9.17, 15) is 0 Å². The maximum Gasteiger partial charge on any atom is 0.164 e. The average molecular weight is 908 g/mol. The van der Waals surface area contributed by atoms with Gasteiger partial charge in [-0.3, -0.25) is 0 Å². The van der Waals surface area contributed by atoms with E-state index in [0.717, 1.165) is 106 Å². The zero-order chi connectivity index (χ0) is 46.7. The first-order valence-corrected chi connectivity index (χ1v) is 24.2. The number of rotatable bonds is 6. The molecule has 71 heavy (non-hydrogen) atoms. The second kappa shape index (κ2) is 15.2. The summed E-state index contributed by atoms with van der Waals surface area (Å²) in [7, 11) is 0. The van der Waals surface area contributed by atoms with E-state index in [-0.39, 0.29) is 0 Å². The van der Waals surface area contributed by atoms with Gasteiger partial charge in [-0.1, -0.05) is 182 Å². The van der Waals surface area contributed by atoms with Gasteiger partial charge in [0, 0.05) is 54.4 Å². The Bertz CT molecular complexity index is 4430. The summed E-state index contributed by atoms with van der Waals surface area (Å²) in [6.07, 6.45) is 0. The minimum atomic E-state index is 0.589. The van der Waals surface area contributed by atoms with Gasteiger partial charge in [-0.2, -0.15) is 0 Å². The van der Waals surface area contributed by atoms with E-state index in [1.165, 1.54) is 32.3 Å². The molecule has 332 valence electrons. The molecule has 0 fully saturated rings. The average Bonchev–Trinajstić information content (AvgIpc) is 4.19. The molecule has 15 rings (SSSR count). The minimum Gasteiger partial charge on any atom is -0.453 e. The summed E-state index contributed by atoms with van der Waals surface area (Å²) >= 11 is 0. The normalized spacial score (nSPS) is 12.0. The van der Waals surface area contributed by atoms with Crippen LogP contribution in [0.25, 0.3) is 138 Å². The molecule has 0 aliphatic heterocycles. The third-order valence-electron chi connectivity index (χ3n) is 14.6. The van der Waals surface area contributed by atoms with Gasteiger partial charge in [0.05, 0.1) is 66.8 Å². The summed E-state index contributed by atoms with van der Waals surface area (Å²) in [6, 6.07) is 82.0. The molecule has 0 aliphatic rings. The lowest BCUT2D eigenvalue weighted by Gasteiger charge is -2.23. The quantitative estimate of drug-likeness (QED) is 0.167. The van der Waals surface area contributed by atoms with Gasteiger partial charge in [0.25, 0.3) is 0 Å². The van der Waals surface area contributed by atoms with Crippen molar-refractivity contribution in [2.75, 3.05) is 0 Å². The topological polar surface area (TPSA) is 53.7 Å². The van der Waals surface area contributed by atoms with Crippen LogP contribution < -0.4 is 0 Å². The third-order valence-corrected chi connectivity index (χ3v) is 14.6. The van der Waals surface area contributed by atoms with Crippen molar-refractivity contribution in [3.05, 3.63) is 236 Å². The first-order valence-electron chi connectivity index (χ1n) is 24.2. The molecule has 0 saturated heterocycles. The summed E-state index contributed by atoms with van der Waals surface area (Å²) in [4.78, 5) is 10.8. The van der Waals surface area contributed by atoms with Crippen molar-refractivity contribution in [3.8, 4) is 51.0 Å². The Morgan fingerprint density at radius 1 is 0.324 bits per heavy atom. The van der Waals surface area contributed by atoms with Crippen LogP contribution in [0.5, 0.6) is 0 Å². The van der Waals surface area contributed by atoms with Gasteiger partial charge in [-0.05, 0) is 55.5 Å². The zero-order valence-corrected chi connectivity index (χ0v) is 38.6. The predicted molar refractivity (Wildman–Crippen MR) is 293 cm³/mol. The SMILES string of the molecule is Cc1c(-n2c3ccccc3c3ccccc32)c(-n2c3ccccc3c3ccccc32)c2oc3c(-c4nc(-c5ccccc5)cc(-c5ccccc5)n4)cccc3c2c1-n1c2ccccc2c2ccccc21. The Morgan fingerprint density at radius 3 is 1.10 bits per heavy atom. The lowest BCUT2D eigenvalue weighted by Crippen LogP contribution is -2.10. The summed E-state index contributed by atoms with van der Waals surface area (Å²) in [5.74, 6) is 0.589. The molecule has 15 aromatic rings. The molecule has 5 heterocycles. The third kappa shape index (κ3) is 5.70. The predicted octanol–water partition coefficient (Wildman–Crippen LogP) is 17.0. The van der Waals surface area contributed by atoms with E-state index in [1.807, 2.05) is 12.1 Å². The number of furan rings is 1. The van der Waals surface area contributed by atoms with Crippen LogP contribution in [0.3, 0.4) is 0 Å². The monoisotopic (exact) mass is 907 g/mol. The molecular formula is C65H41N5O. The van der Waals surface area contributed by atoms with Gasteiger partial charge >= 0.3 is 0 Å². The molecule has 0 unspecified atom stereocenters. The number of fused-ring (bicyclic) bond motifs is 12. The Hall–Kier alpha value is -9.52. The highest BCUT2D eigenvalue weighted by Gasteiger charge is 2.32. The van der Waals surface area contributed by atoms with Crippen LogP contribution >= 0.6 is 0 Å². The van der Waals surface area contributed by atoms with Crippen molar-refractivity contribution in [1.29, 1.82) is 0 Å². The number of hydrogen-bond donors (Lipinski definition) is 0. The summed E-state index contributed by atoms with van der Waals surface area (Å²) in [5, 5.41) is 9.08. The van der Waals surface area contributed by atoms with Gasteiger partial charge in [0.2, 0.25) is 0 Å². The van der Waals surface area contributed by atoms with Crippen LogP contribution in [0.2, 0.25) is 0 Å². The smallest absolute Gasteiger partial charge is 0.164 e. The summed E-state index contributed by atoms with van der Waals surface area (Å²) < 4.78 is 15.3. The van der Waals surface area contributed by atoms with E-state index < -0.39 is 0 Å². The standard InChI is InChI=1S/C65H41N5O/c1-40-60(68-53-33-14-8-25-43(53)44-26-9-15-34-54(44)68)59-49-31-20-32-50(65-66-51(41-21-4-2-5-22-41)39-52(67-65)42-23-6-3-7-24-42)63(49)71-64(59)62(70-57-37-18-12-29-47(57)48-30-13-19-38-58(48)70)61(40)69-55-35-16-10-27-45(55)46-28-11-17-36-56(46)69/h2-39H,1H3. The number of para-hydroxylation sites is 7. The van der Waals surface area contributed by atoms with E-state index in [1.54, 1.807) is 0 Å². The Labute approximate surface area is 407 Å². The maximum atomic E-state index is 7.84. The molecule has 0 aliphatic carbocycles. The van der Waals surface area contributed by atoms with Crippen LogP contribution in [-0.2, 0) is 0 Å². The van der Waals surface area contributed by atoms with E-state index in [0.29, 0.717) is 5.82 Å². The molecule has 0 bridgehead atoms. The molecule has 5 aromatic heterocycles. The van der Waals surface area contributed by atoms with Crippen molar-refractivity contribution in [1.82, 2.24) is 23.7 Å². The highest BCUT2D eigenvalue weighted by Crippen LogP contribution is 2.50. The molecule has 0 atom stereocenters. The Morgan fingerprint density at radius 2 is 0.676 bits per heavy atom. The van der Waals surface area contributed by atoms with Crippen LogP contribution in [0.1, 0.15) is 5.56 Å². The first kappa shape index (κ1) is 39.5. The molecule has 0 N–H and O–H groups in total. The summed E-state index contributed by atoms with van der Waals surface area (Å²) in [6.45, 7) is 2.32. The fourth-order valence-electron chi connectivity index (χ4n) is 11.6. The van der Waals surface area contributed by atoms with Gasteiger partial charge in [-0.15, -0.1) is 0 Å². The van der Waals surface area contributed by atoms with Crippen LogP contribution in [0.15, 0.2) is 235 Å². The number of hydrogen-bond acceptors (Lipinski definition) is 3. The van der Waals surface area contributed by atoms with Crippen molar-refractivity contribution in [2.45, 2.75) is 6.92 Å². The fraction of sp³-hybridized carbons (Fsp3) is 0.0154. The molecule has 6 heteroatoms.